The standard InChI is InChI=1S/C18H28N4O2.C15H22N4O.C15H21N3O.C14H19N3O2.C12H16N2O3.C10H12N2O2/c1-13-14(2)20-18-16(4-3-15(19)17(13)18)24-12-10-22-7-5-21(6-8-22)9-11-23;1-18-6-8-19(9-7-18)10-11-20-14-3-2-13(16)12-4-5-17-15(12)14;16-13-4-5-14(15-12(13)6-7-17-15)19-11-10-18-8-2-1-3-9-18;15-12-1-2-13(14-11(12)3-4-16-14)19-10-7-17-5-8-18-9-6-17;13-10-1-2-11(17-8-7-16)12-9(10)3-4-14(12)5-6-15;11-8-1-2-9(14-6-5-13)10-7(8)3-4-12-10/h3-4,20,23H,5-12,19H2,1-2H3;2-5,17H,6-11,16H2,1H3;4-7,17H,1-3,8-11,16H2;1-4,16H,5-10,15H2;1-4,15-16H,5-8,13H2;1-4,12-13H,5-6,11H2. The highest BCUT2D eigenvalue weighted by Gasteiger charge is 2.20. The maximum absolute atomic E-state index is 9.00. The van der Waals surface area contributed by atoms with Crippen LogP contribution in [-0.2, 0) is 11.3 Å². The Morgan fingerprint density at radius 3 is 1.11 bits per heavy atom. The molecule has 0 spiro atoms. The third-order valence-corrected chi connectivity index (χ3v) is 21.0. The summed E-state index contributed by atoms with van der Waals surface area (Å²) < 4.78 is 41.7. The van der Waals surface area contributed by atoms with Crippen LogP contribution in [0.15, 0.2) is 134 Å². The molecule has 0 amide bonds. The smallest absolute Gasteiger partial charge is 0.143 e. The van der Waals surface area contributed by atoms with Crippen LogP contribution in [0.25, 0.3) is 65.4 Å². The quantitative estimate of drug-likeness (QED) is 0.0226. The summed E-state index contributed by atoms with van der Waals surface area (Å²) in [4.78, 5) is 30.4. The van der Waals surface area contributed by atoms with Crippen molar-refractivity contribution >= 4 is 99.5 Å². The zero-order chi connectivity index (χ0) is 79.4. The number of β-amino-alcohol motifs (C(OH)–C–C–N with tert-alkyl or cyclic N) is 1. The van der Waals surface area contributed by atoms with E-state index < -0.39 is 0 Å². The van der Waals surface area contributed by atoms with E-state index >= 15 is 0 Å². The SMILES string of the molecule is CN1CCN(CCOc2ccc(N)c3cc[nH]c23)CC1.Cc1[nH]c2c(OCCN3CCN(CCO)CC3)ccc(N)c2c1C.Nc1ccc(OCCN2CCCCC2)c2[nH]ccc12.Nc1ccc(OCCN2CCOCC2)c2[nH]ccc12.Nc1ccc(OCCO)c2[nH]ccc12.Nc1ccc(OCCO)c2c1ccn2CCO. The molecule has 4 saturated heterocycles. The minimum Gasteiger partial charge on any atom is -0.490 e. The molecule has 0 bridgehead atoms. The van der Waals surface area contributed by atoms with Gasteiger partial charge in [0.25, 0.3) is 0 Å². The van der Waals surface area contributed by atoms with Crippen molar-refractivity contribution in [2.45, 2.75) is 39.7 Å². The highest BCUT2D eigenvalue weighted by molar-refractivity contribution is 6.00. The summed E-state index contributed by atoms with van der Waals surface area (Å²) >= 11 is 0. The van der Waals surface area contributed by atoms with E-state index in [0.29, 0.717) is 43.6 Å². The number of likely N-dealkylation sites (N-methyl/N-ethyl adjacent to an activating group) is 1. The Morgan fingerprint density at radius 1 is 0.345 bits per heavy atom. The van der Waals surface area contributed by atoms with Crippen LogP contribution in [0, 0.1) is 13.8 Å². The summed E-state index contributed by atoms with van der Waals surface area (Å²) in [5.74, 6) is 4.89. The third kappa shape index (κ3) is 22.8. The number of aryl methyl sites for hydroxylation is 2. The van der Waals surface area contributed by atoms with Crippen molar-refractivity contribution in [3.8, 4) is 34.5 Å². The number of piperidine rings is 1. The number of hydrogen-bond donors (Lipinski definition) is 15. The molecule has 21 N–H and O–H groups in total. The molecule has 4 fully saturated rings. The van der Waals surface area contributed by atoms with E-state index in [2.05, 4.69) is 75.2 Å². The number of piperazine rings is 2. The number of hydrogen-bond acceptors (Lipinski definition) is 23. The number of nitrogens with two attached hydrogens (primary N) is 6. The van der Waals surface area contributed by atoms with Gasteiger partial charge in [-0.15, -0.1) is 0 Å². The molecule has 6 aromatic carbocycles. The predicted molar refractivity (Wildman–Crippen MR) is 455 cm³/mol. The number of nitrogen functional groups attached to an aromatic ring is 6. The van der Waals surface area contributed by atoms with E-state index in [1.807, 2.05) is 114 Å². The molecule has 29 nitrogen and oxygen atoms in total. The summed E-state index contributed by atoms with van der Waals surface area (Å²) in [7, 11) is 2.17. The lowest BCUT2D eigenvalue weighted by Crippen LogP contribution is -2.48. The molecular formula is C84H118N18O11. The maximum atomic E-state index is 9.00. The van der Waals surface area contributed by atoms with Gasteiger partial charge in [0.2, 0.25) is 0 Å². The molecule has 4 aliphatic heterocycles. The first-order valence-electron chi connectivity index (χ1n) is 39.4. The van der Waals surface area contributed by atoms with Gasteiger partial charge in [0.1, 0.15) is 74.1 Å². The minimum absolute atomic E-state index is 0.00653. The average Bonchev–Trinajstić information content (AvgIpc) is 1.68. The summed E-state index contributed by atoms with van der Waals surface area (Å²) in [5, 5.41) is 41.4. The number of aromatic nitrogens is 6. The van der Waals surface area contributed by atoms with E-state index in [-0.39, 0.29) is 39.6 Å². The second-order valence-corrected chi connectivity index (χ2v) is 28.5. The predicted octanol–water partition coefficient (Wildman–Crippen LogP) is 8.52. The number of morpholine rings is 1. The fourth-order valence-corrected chi connectivity index (χ4v) is 14.4. The fraction of sp³-hybridized carbons (Fsp3) is 0.429. The van der Waals surface area contributed by atoms with Gasteiger partial charge in [-0.3, -0.25) is 24.5 Å². The second kappa shape index (κ2) is 42.6. The molecule has 113 heavy (non-hydrogen) atoms. The van der Waals surface area contributed by atoms with Crippen molar-refractivity contribution in [3.05, 3.63) is 145 Å². The van der Waals surface area contributed by atoms with Crippen molar-refractivity contribution < 1.29 is 53.6 Å². The van der Waals surface area contributed by atoms with Crippen LogP contribution >= 0.6 is 0 Å². The fourth-order valence-electron chi connectivity index (χ4n) is 14.4. The Labute approximate surface area is 660 Å². The molecule has 0 atom stereocenters. The molecule has 0 radical (unpaired) electrons. The van der Waals surface area contributed by atoms with Crippen LogP contribution in [-0.4, -0.2) is 277 Å². The van der Waals surface area contributed by atoms with Crippen molar-refractivity contribution in [1.29, 1.82) is 0 Å². The molecule has 10 heterocycles. The Morgan fingerprint density at radius 2 is 0.690 bits per heavy atom. The van der Waals surface area contributed by atoms with Crippen molar-refractivity contribution in [1.82, 2.24) is 58.9 Å². The Bertz CT molecular complexity index is 4750. The molecule has 4 aliphatic rings. The normalized spacial score (nSPS) is 15.3. The number of anilines is 6. The number of ether oxygens (including phenoxy) is 7. The van der Waals surface area contributed by atoms with Gasteiger partial charge in [-0.05, 0) is 156 Å². The van der Waals surface area contributed by atoms with Gasteiger partial charge >= 0.3 is 0 Å². The lowest BCUT2D eigenvalue weighted by atomic mass is 10.1. The number of likely N-dealkylation sites (tertiary alicyclic amines) is 1. The van der Waals surface area contributed by atoms with Crippen LogP contribution in [0.2, 0.25) is 0 Å². The Hall–Kier alpha value is -10.3. The summed E-state index contributed by atoms with van der Waals surface area (Å²) in [6, 6.07) is 32.3. The van der Waals surface area contributed by atoms with Gasteiger partial charge in [-0.1, -0.05) is 6.42 Å². The number of nitrogens with one attached hydrogen (secondary N) is 5. The third-order valence-electron chi connectivity index (χ3n) is 21.0. The van der Waals surface area contributed by atoms with E-state index in [1.165, 1.54) is 37.9 Å². The van der Waals surface area contributed by atoms with Gasteiger partial charge in [0.05, 0.1) is 72.7 Å². The average molecular weight is 1560 g/mol. The molecule has 6 aromatic heterocycles. The number of fused-ring (bicyclic) bond motifs is 6. The summed E-state index contributed by atoms with van der Waals surface area (Å²) in [6.07, 6.45) is 13.4. The number of aliphatic hydroxyl groups excluding tert-OH is 4. The number of rotatable bonds is 26. The van der Waals surface area contributed by atoms with Gasteiger partial charge in [-0.25, -0.2) is 0 Å². The molecule has 16 rings (SSSR count). The van der Waals surface area contributed by atoms with Crippen LogP contribution in [0.3, 0.4) is 0 Å². The van der Waals surface area contributed by atoms with Crippen molar-refractivity contribution in [2.24, 2.45) is 0 Å². The topological polar surface area (TPSA) is 405 Å². The molecular weight excluding hydrogens is 1440 g/mol. The highest BCUT2D eigenvalue weighted by Crippen LogP contribution is 2.36. The molecule has 29 heteroatoms. The zero-order valence-corrected chi connectivity index (χ0v) is 65.8. The molecule has 12 aromatic rings. The first-order valence-corrected chi connectivity index (χ1v) is 39.4. The largest absolute Gasteiger partial charge is 0.490 e. The van der Waals surface area contributed by atoms with Gasteiger partial charge in [0, 0.05) is 208 Å². The molecule has 610 valence electrons. The van der Waals surface area contributed by atoms with Crippen LogP contribution in [0.1, 0.15) is 30.5 Å². The summed E-state index contributed by atoms with van der Waals surface area (Å²) in [5.41, 5.74) is 48.1. The van der Waals surface area contributed by atoms with Gasteiger partial charge < -0.3 is 122 Å². The van der Waals surface area contributed by atoms with Crippen LogP contribution in [0.5, 0.6) is 34.5 Å². The molecule has 0 unspecified atom stereocenters. The van der Waals surface area contributed by atoms with Crippen LogP contribution in [0.4, 0.5) is 34.1 Å². The lowest BCUT2D eigenvalue weighted by molar-refractivity contribution is 0.0323. The number of benzene rings is 6. The minimum atomic E-state index is -0.0351. The maximum Gasteiger partial charge on any atom is 0.143 e. The van der Waals surface area contributed by atoms with Gasteiger partial charge in [-0.2, -0.15) is 0 Å². The van der Waals surface area contributed by atoms with Gasteiger partial charge in [0.15, 0.2) is 0 Å². The zero-order valence-electron chi connectivity index (χ0n) is 65.8. The Balaban J connectivity index is 0.000000135. The van der Waals surface area contributed by atoms with E-state index in [1.54, 1.807) is 24.3 Å². The van der Waals surface area contributed by atoms with Crippen LogP contribution < -0.4 is 62.8 Å². The number of nitrogens with zero attached hydrogens (tertiary/aromatic N) is 7. The second-order valence-electron chi connectivity index (χ2n) is 28.5. The molecule has 0 saturated carbocycles. The van der Waals surface area contributed by atoms with E-state index in [0.717, 1.165) is 241 Å². The molecule has 0 aliphatic carbocycles. The van der Waals surface area contributed by atoms with Crippen molar-refractivity contribution in [2.75, 3.05) is 232 Å². The monoisotopic (exact) mass is 1550 g/mol. The van der Waals surface area contributed by atoms with E-state index in [4.69, 9.17) is 88.0 Å². The Kier molecular flexibility index (Phi) is 31.5. The summed E-state index contributed by atoms with van der Waals surface area (Å²) in [6.45, 7) is 27.5. The number of aliphatic hydroxyl groups is 4. The highest BCUT2D eigenvalue weighted by atomic mass is 16.5. The first-order chi connectivity index (χ1) is 55.1. The number of aromatic amines is 5. The lowest BCUT2D eigenvalue weighted by Gasteiger charge is -2.34. The van der Waals surface area contributed by atoms with E-state index in [9.17, 15) is 0 Å². The van der Waals surface area contributed by atoms with Crippen molar-refractivity contribution in [3.63, 3.8) is 0 Å². The number of H-pyrrole nitrogens is 5. The first kappa shape index (κ1) is 83.6.